The van der Waals surface area contributed by atoms with Gasteiger partial charge in [-0.3, -0.25) is 19.3 Å². The number of nitrogens with one attached hydrogen (secondary N) is 2. The third-order valence-electron chi connectivity index (χ3n) is 7.46. The van der Waals surface area contributed by atoms with Gasteiger partial charge < -0.3 is 14.6 Å². The number of quaternary nitrogens is 1. The largest absolute Gasteiger partial charge is 0.497 e. The SMILES string of the molecule is COc1ccc2[nH]cc(C(=O)C[NH+]3CCc4ccccc4[C@H]3CN3C(=O)c4ccccc4C3=O)c2c1. The van der Waals surface area contributed by atoms with Crippen molar-refractivity contribution in [2.75, 3.05) is 26.7 Å². The Morgan fingerprint density at radius 2 is 1.75 bits per heavy atom. The average molecular weight is 481 g/mol. The van der Waals surface area contributed by atoms with Gasteiger partial charge in [-0.25, -0.2) is 0 Å². The van der Waals surface area contributed by atoms with Gasteiger partial charge in [0, 0.05) is 34.6 Å². The number of hydrogen-bond acceptors (Lipinski definition) is 4. The van der Waals surface area contributed by atoms with E-state index in [0.717, 1.165) is 34.3 Å². The molecule has 0 aliphatic carbocycles. The van der Waals surface area contributed by atoms with E-state index in [0.29, 0.717) is 22.4 Å². The Kier molecular flexibility index (Phi) is 5.42. The molecule has 2 atom stereocenters. The number of Topliss-reactive ketones (excluding diaryl/α,β-unsaturated/α-hetero) is 1. The zero-order chi connectivity index (χ0) is 24.8. The number of carbonyl (C=O) groups is 3. The van der Waals surface area contributed by atoms with Crippen molar-refractivity contribution in [3.8, 4) is 5.75 Å². The van der Waals surface area contributed by atoms with Gasteiger partial charge in [-0.15, -0.1) is 0 Å². The summed E-state index contributed by atoms with van der Waals surface area (Å²) in [6, 6.07) is 20.5. The lowest BCUT2D eigenvalue weighted by Gasteiger charge is -2.35. The smallest absolute Gasteiger partial charge is 0.261 e. The monoisotopic (exact) mass is 480 g/mol. The molecule has 2 amide bonds. The highest BCUT2D eigenvalue weighted by Gasteiger charge is 2.41. The van der Waals surface area contributed by atoms with Crippen molar-refractivity contribution in [3.63, 3.8) is 0 Å². The molecule has 0 fully saturated rings. The normalized spacial score (nSPS) is 18.9. The summed E-state index contributed by atoms with van der Waals surface area (Å²) in [5, 5.41) is 0.827. The molecule has 7 nitrogen and oxygen atoms in total. The highest BCUT2D eigenvalue weighted by molar-refractivity contribution is 6.21. The number of nitrogens with zero attached hydrogens (tertiary/aromatic N) is 1. The van der Waals surface area contributed by atoms with E-state index >= 15 is 0 Å². The summed E-state index contributed by atoms with van der Waals surface area (Å²) in [6.45, 7) is 1.22. The van der Waals surface area contributed by atoms with Crippen molar-refractivity contribution in [1.29, 1.82) is 0 Å². The van der Waals surface area contributed by atoms with Crippen LogP contribution < -0.4 is 9.64 Å². The average Bonchev–Trinajstić information content (AvgIpc) is 3.44. The lowest BCUT2D eigenvalue weighted by atomic mass is 9.91. The molecule has 6 rings (SSSR count). The lowest BCUT2D eigenvalue weighted by molar-refractivity contribution is -0.925. The predicted molar refractivity (Wildman–Crippen MR) is 135 cm³/mol. The number of aromatic nitrogens is 1. The van der Waals surface area contributed by atoms with Crippen molar-refractivity contribution < 1.29 is 24.0 Å². The van der Waals surface area contributed by atoms with Gasteiger partial charge in [0.1, 0.15) is 18.3 Å². The van der Waals surface area contributed by atoms with E-state index in [1.165, 1.54) is 10.5 Å². The van der Waals surface area contributed by atoms with E-state index < -0.39 is 0 Å². The third kappa shape index (κ3) is 3.60. The first-order valence-electron chi connectivity index (χ1n) is 12.1. The number of ether oxygens (including phenoxy) is 1. The van der Waals surface area contributed by atoms with Crippen LogP contribution in [0.15, 0.2) is 72.9 Å². The quantitative estimate of drug-likeness (QED) is 0.328. The number of imide groups is 1. The van der Waals surface area contributed by atoms with Crippen molar-refractivity contribution >= 4 is 28.5 Å². The molecule has 3 aromatic carbocycles. The van der Waals surface area contributed by atoms with Crippen molar-refractivity contribution in [2.24, 2.45) is 0 Å². The second-order valence-electron chi connectivity index (χ2n) is 9.39. The Hall–Kier alpha value is -4.23. The van der Waals surface area contributed by atoms with E-state index in [4.69, 9.17) is 4.74 Å². The molecule has 2 aliphatic heterocycles. The molecule has 36 heavy (non-hydrogen) atoms. The molecule has 0 saturated heterocycles. The summed E-state index contributed by atoms with van der Waals surface area (Å²) in [5.41, 5.74) is 4.67. The van der Waals surface area contributed by atoms with Gasteiger partial charge in [-0.2, -0.15) is 0 Å². The summed E-state index contributed by atoms with van der Waals surface area (Å²) in [4.78, 5) is 45.4. The van der Waals surface area contributed by atoms with E-state index in [1.807, 2.05) is 30.3 Å². The maximum atomic E-state index is 13.6. The van der Waals surface area contributed by atoms with E-state index in [-0.39, 0.29) is 36.7 Å². The van der Waals surface area contributed by atoms with Gasteiger partial charge in [0.15, 0.2) is 0 Å². The van der Waals surface area contributed by atoms with Crippen LogP contribution in [-0.4, -0.2) is 54.2 Å². The number of fused-ring (bicyclic) bond motifs is 3. The molecule has 0 radical (unpaired) electrons. The second kappa shape index (κ2) is 8.77. The van der Waals surface area contributed by atoms with Gasteiger partial charge >= 0.3 is 0 Å². The number of carbonyl (C=O) groups excluding carboxylic acids is 3. The van der Waals surface area contributed by atoms with Crippen LogP contribution in [0.1, 0.15) is 48.2 Å². The van der Waals surface area contributed by atoms with Gasteiger partial charge in [-0.05, 0) is 35.9 Å². The standard InChI is InChI=1S/C29H25N3O4/c1-36-19-10-11-25-23(14-19)24(15-30-25)27(33)17-31-13-12-18-6-2-3-7-20(18)26(31)16-32-28(34)21-8-4-5-9-22(21)29(32)35/h2-11,14-15,26,30H,12-13,16-17H2,1H3/p+1/t26-/m1/s1. The molecule has 0 saturated carbocycles. The number of ketones is 1. The highest BCUT2D eigenvalue weighted by Crippen LogP contribution is 2.28. The second-order valence-corrected chi connectivity index (χ2v) is 9.39. The number of amides is 2. The first-order valence-corrected chi connectivity index (χ1v) is 12.1. The Balaban J connectivity index is 1.32. The van der Waals surface area contributed by atoms with Crippen molar-refractivity contribution in [3.05, 3.63) is 101 Å². The minimum Gasteiger partial charge on any atom is -0.497 e. The molecular formula is C29H26N3O4+. The van der Waals surface area contributed by atoms with Crippen LogP contribution in [0.25, 0.3) is 10.9 Å². The molecule has 2 N–H and O–H groups in total. The number of rotatable bonds is 6. The van der Waals surface area contributed by atoms with Gasteiger partial charge in [0.25, 0.3) is 11.8 Å². The highest BCUT2D eigenvalue weighted by atomic mass is 16.5. The predicted octanol–water partition coefficient (Wildman–Crippen LogP) is 2.84. The fourth-order valence-corrected chi connectivity index (χ4v) is 5.58. The van der Waals surface area contributed by atoms with E-state index in [9.17, 15) is 14.4 Å². The molecule has 0 bridgehead atoms. The van der Waals surface area contributed by atoms with Crippen LogP contribution in [0.4, 0.5) is 0 Å². The van der Waals surface area contributed by atoms with Gasteiger partial charge in [0.2, 0.25) is 5.78 Å². The summed E-state index contributed by atoms with van der Waals surface area (Å²) in [6.07, 6.45) is 2.59. The molecule has 4 aromatic rings. The van der Waals surface area contributed by atoms with Crippen LogP contribution in [0, 0.1) is 0 Å². The first-order chi connectivity index (χ1) is 17.5. The minimum atomic E-state index is -0.270. The lowest BCUT2D eigenvalue weighted by Crippen LogP contribution is -3.14. The van der Waals surface area contributed by atoms with Gasteiger partial charge in [-0.1, -0.05) is 36.4 Å². The summed E-state index contributed by atoms with van der Waals surface area (Å²) in [5.74, 6) is 0.163. The molecule has 180 valence electrons. The Labute approximate surface area is 208 Å². The Morgan fingerprint density at radius 1 is 1.03 bits per heavy atom. The third-order valence-corrected chi connectivity index (χ3v) is 7.46. The van der Waals surface area contributed by atoms with Crippen LogP contribution in [0.2, 0.25) is 0 Å². The number of aromatic amines is 1. The Bertz CT molecular complexity index is 1490. The molecule has 1 unspecified atom stereocenters. The van der Waals surface area contributed by atoms with Crippen molar-refractivity contribution in [1.82, 2.24) is 9.88 Å². The summed E-state index contributed by atoms with van der Waals surface area (Å²) < 4.78 is 5.35. The number of H-pyrrole nitrogens is 1. The zero-order valence-corrected chi connectivity index (χ0v) is 19.9. The van der Waals surface area contributed by atoms with Gasteiger partial charge in [0.05, 0.1) is 31.3 Å². The van der Waals surface area contributed by atoms with E-state index in [2.05, 4.69) is 17.1 Å². The Morgan fingerprint density at radius 3 is 2.50 bits per heavy atom. The number of methoxy groups -OCH3 is 1. The fourth-order valence-electron chi connectivity index (χ4n) is 5.58. The molecule has 0 spiro atoms. The minimum absolute atomic E-state index is 0.0104. The summed E-state index contributed by atoms with van der Waals surface area (Å²) in [7, 11) is 1.61. The van der Waals surface area contributed by atoms with Crippen LogP contribution >= 0.6 is 0 Å². The van der Waals surface area contributed by atoms with Crippen LogP contribution in [0.3, 0.4) is 0 Å². The number of hydrogen-bond donors (Lipinski definition) is 2. The molecular weight excluding hydrogens is 454 g/mol. The van der Waals surface area contributed by atoms with Crippen molar-refractivity contribution in [2.45, 2.75) is 12.5 Å². The summed E-state index contributed by atoms with van der Waals surface area (Å²) >= 11 is 0. The molecule has 2 aliphatic rings. The maximum Gasteiger partial charge on any atom is 0.261 e. The maximum absolute atomic E-state index is 13.6. The zero-order valence-electron chi connectivity index (χ0n) is 19.9. The number of benzene rings is 3. The fraction of sp³-hybridized carbons (Fsp3) is 0.207. The topological polar surface area (TPSA) is 83.9 Å². The molecule has 3 heterocycles. The van der Waals surface area contributed by atoms with Crippen LogP contribution in [-0.2, 0) is 6.42 Å². The van der Waals surface area contributed by atoms with E-state index in [1.54, 1.807) is 37.6 Å². The first kappa shape index (κ1) is 22.2. The molecule has 7 heteroatoms. The molecule has 1 aromatic heterocycles. The van der Waals surface area contributed by atoms with Crippen LogP contribution in [0.5, 0.6) is 5.75 Å².